The molecule has 0 fully saturated rings. The van der Waals surface area contributed by atoms with Gasteiger partial charge in [0.25, 0.3) is 0 Å². The van der Waals surface area contributed by atoms with E-state index >= 15 is 0 Å². The van der Waals surface area contributed by atoms with Crippen molar-refractivity contribution in [1.29, 1.82) is 0 Å². The maximum Gasteiger partial charge on any atom is 0.193 e. The summed E-state index contributed by atoms with van der Waals surface area (Å²) in [6.07, 6.45) is 0. The van der Waals surface area contributed by atoms with E-state index in [-0.39, 0.29) is 24.0 Å². The van der Waals surface area contributed by atoms with Gasteiger partial charge in [-0.15, -0.1) is 24.0 Å². The van der Waals surface area contributed by atoms with Crippen molar-refractivity contribution in [2.24, 2.45) is 10.7 Å². The fourth-order valence-electron chi connectivity index (χ4n) is 1.74. The minimum Gasteiger partial charge on any atom is -0.497 e. The maximum atomic E-state index is 5.85. The SMILES string of the molecule is COc1cccc(NC(N)=NCc2cccc(C)n2)c1.I. The number of nitrogens with one attached hydrogen (secondary N) is 1. The van der Waals surface area contributed by atoms with Crippen LogP contribution in [0.1, 0.15) is 11.4 Å². The van der Waals surface area contributed by atoms with Crippen molar-refractivity contribution in [2.45, 2.75) is 13.5 Å². The molecular weight excluding hydrogens is 379 g/mol. The lowest BCUT2D eigenvalue weighted by atomic mass is 10.3. The van der Waals surface area contributed by atoms with Gasteiger partial charge in [-0.1, -0.05) is 12.1 Å². The minimum atomic E-state index is 0. The van der Waals surface area contributed by atoms with Gasteiger partial charge in [-0.25, -0.2) is 4.99 Å². The van der Waals surface area contributed by atoms with Gasteiger partial charge in [0, 0.05) is 17.4 Å². The summed E-state index contributed by atoms with van der Waals surface area (Å²) in [6.45, 7) is 2.40. The van der Waals surface area contributed by atoms with E-state index in [0.717, 1.165) is 22.8 Å². The quantitative estimate of drug-likeness (QED) is 0.472. The molecule has 0 bridgehead atoms. The summed E-state index contributed by atoms with van der Waals surface area (Å²) in [7, 11) is 1.62. The van der Waals surface area contributed by atoms with Crippen molar-refractivity contribution in [1.82, 2.24) is 4.98 Å². The fourth-order valence-corrected chi connectivity index (χ4v) is 1.74. The Balaban J connectivity index is 0.00000220. The third kappa shape index (κ3) is 5.58. The zero-order chi connectivity index (χ0) is 14.4. The number of hydrogen-bond donors (Lipinski definition) is 2. The van der Waals surface area contributed by atoms with Crippen LogP contribution in [0.3, 0.4) is 0 Å². The highest BCUT2D eigenvalue weighted by atomic mass is 127. The number of guanidine groups is 1. The van der Waals surface area contributed by atoms with Gasteiger partial charge in [0.2, 0.25) is 0 Å². The van der Waals surface area contributed by atoms with Gasteiger partial charge in [0.15, 0.2) is 5.96 Å². The smallest absolute Gasteiger partial charge is 0.193 e. The molecule has 0 unspecified atom stereocenters. The predicted molar refractivity (Wildman–Crippen MR) is 96.3 cm³/mol. The summed E-state index contributed by atoms with van der Waals surface area (Å²) >= 11 is 0. The molecule has 0 aliphatic rings. The van der Waals surface area contributed by atoms with Gasteiger partial charge in [0.05, 0.1) is 19.3 Å². The van der Waals surface area contributed by atoms with Crippen LogP contribution in [-0.4, -0.2) is 18.1 Å². The zero-order valence-electron chi connectivity index (χ0n) is 12.0. The van der Waals surface area contributed by atoms with E-state index in [0.29, 0.717) is 12.5 Å². The summed E-state index contributed by atoms with van der Waals surface area (Å²) < 4.78 is 5.15. The number of halogens is 1. The van der Waals surface area contributed by atoms with Crippen molar-refractivity contribution >= 4 is 35.6 Å². The topological polar surface area (TPSA) is 72.5 Å². The number of aryl methyl sites for hydroxylation is 1. The Morgan fingerprint density at radius 1 is 1.29 bits per heavy atom. The average Bonchev–Trinajstić information content (AvgIpc) is 2.45. The third-order valence-electron chi connectivity index (χ3n) is 2.70. The van der Waals surface area contributed by atoms with Crippen molar-refractivity contribution in [3.63, 3.8) is 0 Å². The van der Waals surface area contributed by atoms with Crippen LogP contribution in [0.4, 0.5) is 5.69 Å². The monoisotopic (exact) mass is 398 g/mol. The first-order chi connectivity index (χ1) is 9.67. The molecular formula is C15H19IN4O. The van der Waals surface area contributed by atoms with E-state index in [1.165, 1.54) is 0 Å². The Morgan fingerprint density at radius 2 is 2.05 bits per heavy atom. The fraction of sp³-hybridized carbons (Fsp3) is 0.200. The molecule has 0 spiro atoms. The van der Waals surface area contributed by atoms with Crippen LogP contribution in [0.5, 0.6) is 5.75 Å². The number of aromatic nitrogens is 1. The lowest BCUT2D eigenvalue weighted by Crippen LogP contribution is -2.22. The van der Waals surface area contributed by atoms with E-state index in [1.54, 1.807) is 7.11 Å². The molecule has 1 heterocycles. The molecule has 1 aromatic heterocycles. The molecule has 0 aliphatic carbocycles. The van der Waals surface area contributed by atoms with Crippen LogP contribution in [-0.2, 0) is 6.54 Å². The van der Waals surface area contributed by atoms with Crippen molar-refractivity contribution in [3.05, 3.63) is 53.9 Å². The molecule has 0 atom stereocenters. The van der Waals surface area contributed by atoms with Gasteiger partial charge >= 0.3 is 0 Å². The second kappa shape index (κ2) is 8.46. The molecule has 1 aromatic carbocycles. The predicted octanol–water partition coefficient (Wildman–Crippen LogP) is 2.94. The Hall–Kier alpha value is -1.83. The minimum absolute atomic E-state index is 0. The van der Waals surface area contributed by atoms with E-state index < -0.39 is 0 Å². The van der Waals surface area contributed by atoms with Crippen molar-refractivity contribution in [3.8, 4) is 5.75 Å². The molecule has 21 heavy (non-hydrogen) atoms. The van der Waals surface area contributed by atoms with Crippen LogP contribution >= 0.6 is 24.0 Å². The van der Waals surface area contributed by atoms with Gasteiger partial charge in [0.1, 0.15) is 5.75 Å². The molecule has 5 nitrogen and oxygen atoms in total. The lowest BCUT2D eigenvalue weighted by molar-refractivity contribution is 0.415. The van der Waals surface area contributed by atoms with Crippen LogP contribution in [0.15, 0.2) is 47.5 Å². The van der Waals surface area contributed by atoms with Gasteiger partial charge in [-0.2, -0.15) is 0 Å². The Kier molecular flexibility index (Phi) is 6.93. The molecule has 0 radical (unpaired) electrons. The number of pyridine rings is 1. The molecule has 0 amide bonds. The standard InChI is InChI=1S/C15H18N4O.HI/c1-11-5-3-7-13(18-11)10-17-15(16)19-12-6-4-8-14(9-12)20-2;/h3-9H,10H2,1-2H3,(H3,16,17,19);1H. The molecule has 2 rings (SSSR count). The van der Waals surface area contributed by atoms with Crippen LogP contribution in [0, 0.1) is 6.92 Å². The molecule has 3 N–H and O–H groups in total. The lowest BCUT2D eigenvalue weighted by Gasteiger charge is -2.07. The number of rotatable bonds is 4. The first-order valence-electron chi connectivity index (χ1n) is 6.31. The van der Waals surface area contributed by atoms with E-state index in [4.69, 9.17) is 10.5 Å². The number of nitrogens with two attached hydrogens (primary N) is 1. The maximum absolute atomic E-state index is 5.85. The number of methoxy groups -OCH3 is 1. The van der Waals surface area contributed by atoms with E-state index in [1.807, 2.05) is 49.4 Å². The first kappa shape index (κ1) is 17.2. The normalized spacial score (nSPS) is 10.7. The number of hydrogen-bond acceptors (Lipinski definition) is 3. The van der Waals surface area contributed by atoms with Gasteiger partial charge < -0.3 is 15.8 Å². The largest absolute Gasteiger partial charge is 0.497 e. The number of anilines is 1. The van der Waals surface area contributed by atoms with Crippen molar-refractivity contribution < 1.29 is 4.74 Å². The highest BCUT2D eigenvalue weighted by molar-refractivity contribution is 14.0. The third-order valence-corrected chi connectivity index (χ3v) is 2.70. The van der Waals surface area contributed by atoms with Crippen molar-refractivity contribution in [2.75, 3.05) is 12.4 Å². The summed E-state index contributed by atoms with van der Waals surface area (Å²) in [5, 5.41) is 3.02. The number of aliphatic imine (C=N–C) groups is 1. The summed E-state index contributed by atoms with van der Waals surface area (Å²) in [4.78, 5) is 8.64. The number of nitrogens with zero attached hydrogens (tertiary/aromatic N) is 2. The average molecular weight is 398 g/mol. The van der Waals surface area contributed by atoms with E-state index in [2.05, 4.69) is 15.3 Å². The number of ether oxygens (including phenoxy) is 1. The van der Waals surface area contributed by atoms with Gasteiger partial charge in [-0.3, -0.25) is 4.98 Å². The zero-order valence-corrected chi connectivity index (χ0v) is 14.4. The van der Waals surface area contributed by atoms with Crippen LogP contribution in [0.25, 0.3) is 0 Å². The Bertz CT molecular complexity index is 616. The van der Waals surface area contributed by atoms with E-state index in [9.17, 15) is 0 Å². The van der Waals surface area contributed by atoms with Crippen LogP contribution in [0.2, 0.25) is 0 Å². The Labute approximate surface area is 141 Å². The number of benzene rings is 1. The summed E-state index contributed by atoms with van der Waals surface area (Å²) in [5.41, 5.74) is 8.55. The first-order valence-corrected chi connectivity index (χ1v) is 6.31. The molecule has 2 aromatic rings. The molecule has 0 saturated carbocycles. The Morgan fingerprint density at radius 3 is 2.76 bits per heavy atom. The highest BCUT2D eigenvalue weighted by Gasteiger charge is 1.98. The second-order valence-corrected chi connectivity index (χ2v) is 4.33. The highest BCUT2D eigenvalue weighted by Crippen LogP contribution is 2.16. The van der Waals surface area contributed by atoms with Crippen LogP contribution < -0.4 is 15.8 Å². The van der Waals surface area contributed by atoms with Gasteiger partial charge in [-0.05, 0) is 31.2 Å². The second-order valence-electron chi connectivity index (χ2n) is 4.33. The molecule has 0 aliphatic heterocycles. The molecule has 6 heteroatoms. The summed E-state index contributed by atoms with van der Waals surface area (Å²) in [5.74, 6) is 1.12. The molecule has 112 valence electrons. The molecule has 0 saturated heterocycles. The summed E-state index contributed by atoms with van der Waals surface area (Å²) in [6, 6.07) is 13.3.